The number of halogens is 2. The van der Waals surface area contributed by atoms with Gasteiger partial charge >= 0.3 is 0 Å². The summed E-state index contributed by atoms with van der Waals surface area (Å²) in [5.41, 5.74) is 1.01. The van der Waals surface area contributed by atoms with Crippen LogP contribution < -0.4 is 10.1 Å². The zero-order valence-electron chi connectivity index (χ0n) is 11.8. The lowest BCUT2D eigenvalue weighted by Gasteiger charge is -2.13. The summed E-state index contributed by atoms with van der Waals surface area (Å²) in [6, 6.07) is 9.76. The second kappa shape index (κ2) is 5.82. The fraction of sp³-hybridized carbons (Fsp3) is 0.294. The van der Waals surface area contributed by atoms with Gasteiger partial charge in [0.25, 0.3) is 0 Å². The molecule has 1 aliphatic rings. The van der Waals surface area contributed by atoms with Crippen molar-refractivity contribution in [3.8, 4) is 11.5 Å². The van der Waals surface area contributed by atoms with Crippen molar-refractivity contribution < 1.29 is 13.5 Å². The van der Waals surface area contributed by atoms with E-state index in [1.54, 1.807) is 31.2 Å². The first-order valence-corrected chi connectivity index (χ1v) is 7.08. The van der Waals surface area contributed by atoms with E-state index >= 15 is 0 Å². The Kier molecular flexibility index (Phi) is 3.88. The van der Waals surface area contributed by atoms with Gasteiger partial charge in [-0.1, -0.05) is 6.07 Å². The average molecular weight is 289 g/mol. The third-order valence-electron chi connectivity index (χ3n) is 3.58. The second-order valence-corrected chi connectivity index (χ2v) is 5.38. The Bertz CT molecular complexity index is 653. The topological polar surface area (TPSA) is 21.3 Å². The third kappa shape index (κ3) is 3.39. The highest BCUT2D eigenvalue weighted by atomic mass is 19.1. The quantitative estimate of drug-likeness (QED) is 0.885. The molecule has 110 valence electrons. The van der Waals surface area contributed by atoms with Crippen molar-refractivity contribution in [2.45, 2.75) is 32.4 Å². The predicted octanol–water partition coefficient (Wildman–Crippen LogP) is 4.32. The van der Waals surface area contributed by atoms with Gasteiger partial charge in [-0.15, -0.1) is 0 Å². The molecule has 1 aliphatic carbocycles. The lowest BCUT2D eigenvalue weighted by atomic mass is 10.1. The van der Waals surface area contributed by atoms with Crippen molar-refractivity contribution in [3.05, 3.63) is 59.2 Å². The van der Waals surface area contributed by atoms with Gasteiger partial charge in [0.1, 0.15) is 23.1 Å². The van der Waals surface area contributed by atoms with Gasteiger partial charge in [-0.05, 0) is 55.7 Å². The van der Waals surface area contributed by atoms with Crippen LogP contribution in [0.25, 0.3) is 0 Å². The maximum atomic E-state index is 14.0. The molecule has 0 spiro atoms. The number of ether oxygens (including phenoxy) is 1. The van der Waals surface area contributed by atoms with Crippen molar-refractivity contribution in [1.82, 2.24) is 5.32 Å². The highest BCUT2D eigenvalue weighted by molar-refractivity contribution is 5.40. The number of aryl methyl sites for hydroxylation is 1. The van der Waals surface area contributed by atoms with Gasteiger partial charge in [0, 0.05) is 18.2 Å². The van der Waals surface area contributed by atoms with Crippen LogP contribution in [0.2, 0.25) is 0 Å². The molecule has 0 saturated heterocycles. The Labute approximate surface area is 122 Å². The smallest absolute Gasteiger partial charge is 0.134 e. The van der Waals surface area contributed by atoms with Crippen LogP contribution in [0.4, 0.5) is 8.78 Å². The minimum absolute atomic E-state index is 0.280. The summed E-state index contributed by atoms with van der Waals surface area (Å²) in [6.45, 7) is 2.11. The molecule has 1 saturated carbocycles. The van der Waals surface area contributed by atoms with Crippen molar-refractivity contribution in [3.63, 3.8) is 0 Å². The molecule has 0 aliphatic heterocycles. The molecule has 0 aromatic heterocycles. The highest BCUT2D eigenvalue weighted by Crippen LogP contribution is 2.29. The minimum atomic E-state index is -0.292. The van der Waals surface area contributed by atoms with E-state index in [0.29, 0.717) is 35.2 Å². The average Bonchev–Trinajstić information content (AvgIpc) is 3.26. The molecule has 1 N–H and O–H groups in total. The van der Waals surface area contributed by atoms with Gasteiger partial charge in [-0.25, -0.2) is 8.78 Å². The molecule has 0 amide bonds. The number of rotatable bonds is 5. The summed E-state index contributed by atoms with van der Waals surface area (Å²) >= 11 is 0. The minimum Gasteiger partial charge on any atom is -0.457 e. The third-order valence-corrected chi connectivity index (χ3v) is 3.58. The van der Waals surface area contributed by atoms with Gasteiger partial charge in [0.2, 0.25) is 0 Å². The summed E-state index contributed by atoms with van der Waals surface area (Å²) < 4.78 is 33.0. The van der Waals surface area contributed by atoms with E-state index in [0.717, 1.165) is 12.8 Å². The Hall–Kier alpha value is -1.94. The molecule has 3 rings (SSSR count). The lowest BCUT2D eigenvalue weighted by Crippen LogP contribution is -2.16. The summed E-state index contributed by atoms with van der Waals surface area (Å²) in [5.74, 6) is 0.401. The van der Waals surface area contributed by atoms with E-state index in [1.807, 2.05) is 0 Å². The van der Waals surface area contributed by atoms with E-state index in [2.05, 4.69) is 5.32 Å². The molecule has 1 fully saturated rings. The van der Waals surface area contributed by atoms with Crippen LogP contribution in [0.15, 0.2) is 36.4 Å². The maximum Gasteiger partial charge on any atom is 0.134 e. The standard InChI is InChI=1S/C17H17F2NO/c1-11-9-13(7-8-15(11)18)21-17-4-2-3-16(19)14(17)10-20-12-5-6-12/h2-4,7-9,12,20H,5-6,10H2,1H3. The van der Waals surface area contributed by atoms with Gasteiger partial charge in [0.05, 0.1) is 0 Å². The molecule has 0 atom stereocenters. The number of nitrogens with one attached hydrogen (secondary N) is 1. The molecular formula is C17H17F2NO. The van der Waals surface area contributed by atoms with Crippen LogP contribution in [0, 0.1) is 18.6 Å². The zero-order chi connectivity index (χ0) is 14.8. The largest absolute Gasteiger partial charge is 0.457 e. The summed E-state index contributed by atoms with van der Waals surface area (Å²) in [5, 5.41) is 3.28. The van der Waals surface area contributed by atoms with Gasteiger partial charge < -0.3 is 10.1 Å². The molecule has 0 radical (unpaired) electrons. The lowest BCUT2D eigenvalue weighted by molar-refractivity contribution is 0.459. The van der Waals surface area contributed by atoms with Gasteiger partial charge in [-0.2, -0.15) is 0 Å². The Balaban J connectivity index is 1.82. The monoisotopic (exact) mass is 289 g/mol. The van der Waals surface area contributed by atoms with E-state index in [9.17, 15) is 8.78 Å². The van der Waals surface area contributed by atoms with Crippen molar-refractivity contribution in [2.24, 2.45) is 0 Å². The van der Waals surface area contributed by atoms with Crippen LogP contribution in [0.3, 0.4) is 0 Å². The summed E-state index contributed by atoms with van der Waals surface area (Å²) in [6.07, 6.45) is 2.28. The normalized spacial score (nSPS) is 14.2. The first-order valence-electron chi connectivity index (χ1n) is 7.08. The van der Waals surface area contributed by atoms with Crippen LogP contribution in [-0.4, -0.2) is 6.04 Å². The molecular weight excluding hydrogens is 272 g/mol. The van der Waals surface area contributed by atoms with Gasteiger partial charge in [0.15, 0.2) is 0 Å². The molecule has 0 heterocycles. The fourth-order valence-electron chi connectivity index (χ4n) is 2.15. The summed E-state index contributed by atoms with van der Waals surface area (Å²) in [7, 11) is 0. The Morgan fingerprint density at radius 2 is 1.95 bits per heavy atom. The van der Waals surface area contributed by atoms with E-state index < -0.39 is 0 Å². The van der Waals surface area contributed by atoms with E-state index in [4.69, 9.17) is 4.74 Å². The molecule has 2 aromatic carbocycles. The number of benzene rings is 2. The zero-order valence-corrected chi connectivity index (χ0v) is 11.8. The van der Waals surface area contributed by atoms with Crippen LogP contribution in [-0.2, 0) is 6.54 Å². The first kappa shape index (κ1) is 14.0. The van der Waals surface area contributed by atoms with E-state index in [-0.39, 0.29) is 11.6 Å². The maximum absolute atomic E-state index is 14.0. The highest BCUT2D eigenvalue weighted by Gasteiger charge is 2.21. The molecule has 21 heavy (non-hydrogen) atoms. The van der Waals surface area contributed by atoms with Crippen LogP contribution in [0.1, 0.15) is 24.0 Å². The van der Waals surface area contributed by atoms with Gasteiger partial charge in [-0.3, -0.25) is 0 Å². The first-order chi connectivity index (χ1) is 10.1. The van der Waals surface area contributed by atoms with E-state index in [1.165, 1.54) is 12.1 Å². The molecule has 0 unspecified atom stereocenters. The van der Waals surface area contributed by atoms with Crippen molar-refractivity contribution in [1.29, 1.82) is 0 Å². The fourth-order valence-corrected chi connectivity index (χ4v) is 2.15. The second-order valence-electron chi connectivity index (χ2n) is 5.38. The van der Waals surface area contributed by atoms with Crippen molar-refractivity contribution in [2.75, 3.05) is 0 Å². The Morgan fingerprint density at radius 1 is 1.14 bits per heavy atom. The van der Waals surface area contributed by atoms with Crippen molar-refractivity contribution >= 4 is 0 Å². The molecule has 0 bridgehead atoms. The summed E-state index contributed by atoms with van der Waals surface area (Å²) in [4.78, 5) is 0. The van der Waals surface area contributed by atoms with Crippen LogP contribution >= 0.6 is 0 Å². The predicted molar refractivity (Wildman–Crippen MR) is 77.5 cm³/mol. The molecule has 4 heteroatoms. The molecule has 2 aromatic rings. The number of hydrogen-bond acceptors (Lipinski definition) is 2. The number of hydrogen-bond donors (Lipinski definition) is 1. The SMILES string of the molecule is Cc1cc(Oc2cccc(F)c2CNC2CC2)ccc1F. The Morgan fingerprint density at radius 3 is 2.67 bits per heavy atom. The molecule has 2 nitrogen and oxygen atoms in total. The van der Waals surface area contributed by atoms with Crippen LogP contribution in [0.5, 0.6) is 11.5 Å².